The second kappa shape index (κ2) is 9.69. The predicted molar refractivity (Wildman–Crippen MR) is 129 cm³/mol. The van der Waals surface area contributed by atoms with Gasteiger partial charge in [-0.25, -0.2) is 4.79 Å². The van der Waals surface area contributed by atoms with Crippen LogP contribution in [0.5, 0.6) is 0 Å². The zero-order valence-electron chi connectivity index (χ0n) is 18.7. The lowest BCUT2D eigenvalue weighted by Gasteiger charge is -2.36. The molecule has 1 heterocycles. The molecule has 0 aromatic heterocycles. The van der Waals surface area contributed by atoms with Crippen LogP contribution in [-0.4, -0.2) is 29.9 Å². The highest BCUT2D eigenvalue weighted by Gasteiger charge is 2.28. The van der Waals surface area contributed by atoms with Crippen LogP contribution in [0.2, 0.25) is 0 Å². The summed E-state index contributed by atoms with van der Waals surface area (Å²) in [5.74, 6) is -0.0934. The van der Waals surface area contributed by atoms with Gasteiger partial charge >= 0.3 is 6.03 Å². The van der Waals surface area contributed by atoms with Crippen molar-refractivity contribution in [2.24, 2.45) is 0 Å². The second-order valence-electron chi connectivity index (χ2n) is 8.43. The molecular weight excluding hydrogens is 398 g/mol. The third-order valence-electron chi connectivity index (χ3n) is 5.69. The van der Waals surface area contributed by atoms with Crippen LogP contribution in [0, 0.1) is 13.8 Å². The number of anilines is 2. The molecule has 1 fully saturated rings. The summed E-state index contributed by atoms with van der Waals surface area (Å²) in [6, 6.07) is 23.7. The fraction of sp³-hybridized carbons (Fsp3) is 0.259. The molecule has 5 heteroatoms. The van der Waals surface area contributed by atoms with Gasteiger partial charge in [0, 0.05) is 19.6 Å². The van der Waals surface area contributed by atoms with Gasteiger partial charge in [0.15, 0.2) is 0 Å². The number of carbonyl (C=O) groups is 2. The number of nitrogens with zero attached hydrogens (tertiary/aromatic N) is 2. The van der Waals surface area contributed by atoms with E-state index in [2.05, 4.69) is 30.4 Å². The quantitative estimate of drug-likeness (QED) is 0.579. The van der Waals surface area contributed by atoms with E-state index in [4.69, 9.17) is 0 Å². The van der Waals surface area contributed by atoms with Gasteiger partial charge in [0.25, 0.3) is 0 Å². The minimum absolute atomic E-state index is 0.0276. The highest BCUT2D eigenvalue weighted by Crippen LogP contribution is 2.30. The molecule has 4 rings (SSSR count). The van der Waals surface area contributed by atoms with E-state index in [1.807, 2.05) is 66.4 Å². The highest BCUT2D eigenvalue weighted by atomic mass is 16.2. The number of benzene rings is 3. The Hall–Kier alpha value is -3.60. The molecule has 1 N–H and O–H groups in total. The number of rotatable bonds is 6. The van der Waals surface area contributed by atoms with E-state index in [-0.39, 0.29) is 11.9 Å². The van der Waals surface area contributed by atoms with Crippen molar-refractivity contribution in [1.29, 1.82) is 0 Å². The van der Waals surface area contributed by atoms with Crippen molar-refractivity contribution < 1.29 is 9.59 Å². The summed E-state index contributed by atoms with van der Waals surface area (Å²) in [7, 11) is 0. The SMILES string of the molecule is Cc1cccc(CN2CCCN(c3ccc(C)cc3NC(=O)Cc3ccccc3)C2=O)c1. The highest BCUT2D eigenvalue weighted by molar-refractivity contribution is 6.01. The van der Waals surface area contributed by atoms with E-state index in [0.29, 0.717) is 25.2 Å². The molecular formula is C27H29N3O2. The number of nitrogens with one attached hydrogen (secondary N) is 1. The first kappa shape index (κ1) is 21.6. The van der Waals surface area contributed by atoms with Crippen LogP contribution in [0.3, 0.4) is 0 Å². The lowest BCUT2D eigenvalue weighted by atomic mass is 10.1. The van der Waals surface area contributed by atoms with E-state index in [9.17, 15) is 9.59 Å². The molecule has 0 spiro atoms. The summed E-state index contributed by atoms with van der Waals surface area (Å²) in [4.78, 5) is 29.8. The molecule has 5 nitrogen and oxygen atoms in total. The molecule has 0 radical (unpaired) electrons. The standard InChI is InChI=1S/C27H29N3O2/c1-20-8-6-11-23(16-20)19-29-14-7-15-30(27(29)32)25-13-12-21(2)17-24(25)28-26(31)18-22-9-4-3-5-10-22/h3-6,8-13,16-17H,7,14-15,18-19H2,1-2H3,(H,28,31). The number of aryl methyl sites for hydroxylation is 2. The molecule has 1 saturated heterocycles. The van der Waals surface area contributed by atoms with E-state index < -0.39 is 0 Å². The Morgan fingerprint density at radius 3 is 2.41 bits per heavy atom. The monoisotopic (exact) mass is 427 g/mol. The zero-order chi connectivity index (χ0) is 22.5. The Balaban J connectivity index is 1.53. The van der Waals surface area contributed by atoms with E-state index >= 15 is 0 Å². The van der Waals surface area contributed by atoms with Crippen molar-refractivity contribution in [1.82, 2.24) is 4.90 Å². The Morgan fingerprint density at radius 2 is 1.62 bits per heavy atom. The van der Waals surface area contributed by atoms with Gasteiger partial charge in [0.05, 0.1) is 17.8 Å². The number of hydrogen-bond acceptors (Lipinski definition) is 2. The molecule has 3 amide bonds. The molecule has 3 aromatic carbocycles. The van der Waals surface area contributed by atoms with Gasteiger partial charge in [-0.15, -0.1) is 0 Å². The Bertz CT molecular complexity index is 1110. The summed E-state index contributed by atoms with van der Waals surface area (Å²) in [6.07, 6.45) is 1.17. The fourth-order valence-corrected chi connectivity index (χ4v) is 4.14. The van der Waals surface area contributed by atoms with Crippen LogP contribution in [0.25, 0.3) is 0 Å². The van der Waals surface area contributed by atoms with Gasteiger partial charge in [0.1, 0.15) is 0 Å². The van der Waals surface area contributed by atoms with Crippen molar-refractivity contribution in [2.75, 3.05) is 23.3 Å². The number of urea groups is 1. The first-order chi connectivity index (χ1) is 15.5. The van der Waals surface area contributed by atoms with Crippen molar-refractivity contribution in [2.45, 2.75) is 33.2 Å². The molecule has 164 valence electrons. The average molecular weight is 428 g/mol. The molecule has 0 aliphatic carbocycles. The van der Waals surface area contributed by atoms with Gasteiger partial charge in [-0.2, -0.15) is 0 Å². The molecule has 0 unspecified atom stereocenters. The Kier molecular flexibility index (Phi) is 6.55. The van der Waals surface area contributed by atoms with Crippen molar-refractivity contribution in [3.05, 3.63) is 95.1 Å². The molecule has 0 saturated carbocycles. The topological polar surface area (TPSA) is 52.6 Å². The van der Waals surface area contributed by atoms with E-state index in [0.717, 1.165) is 35.3 Å². The second-order valence-corrected chi connectivity index (χ2v) is 8.43. The molecule has 3 aromatic rings. The van der Waals surface area contributed by atoms with E-state index in [1.54, 1.807) is 4.90 Å². The predicted octanol–water partition coefficient (Wildman–Crippen LogP) is 5.32. The van der Waals surface area contributed by atoms with Crippen LogP contribution >= 0.6 is 0 Å². The summed E-state index contributed by atoms with van der Waals surface area (Å²) in [6.45, 7) is 5.99. The number of carbonyl (C=O) groups excluding carboxylic acids is 2. The average Bonchev–Trinajstić information content (AvgIpc) is 2.76. The summed E-state index contributed by atoms with van der Waals surface area (Å²) in [5, 5.41) is 3.04. The van der Waals surface area contributed by atoms with Crippen molar-refractivity contribution in [3.63, 3.8) is 0 Å². The third kappa shape index (κ3) is 5.17. The molecule has 1 aliphatic heterocycles. The Labute approximate surface area is 189 Å². The normalized spacial score (nSPS) is 13.9. The van der Waals surface area contributed by atoms with Crippen LogP contribution in [0.15, 0.2) is 72.8 Å². The first-order valence-electron chi connectivity index (χ1n) is 11.1. The van der Waals surface area contributed by atoms with Crippen LogP contribution in [0.1, 0.15) is 28.7 Å². The van der Waals surface area contributed by atoms with Crippen LogP contribution in [-0.2, 0) is 17.8 Å². The number of amides is 3. The maximum atomic E-state index is 13.4. The summed E-state index contributed by atoms with van der Waals surface area (Å²) in [5.41, 5.74) is 5.72. The van der Waals surface area contributed by atoms with Gasteiger partial charge in [0.2, 0.25) is 5.91 Å². The third-order valence-corrected chi connectivity index (χ3v) is 5.69. The lowest BCUT2D eigenvalue weighted by Crippen LogP contribution is -2.49. The zero-order valence-corrected chi connectivity index (χ0v) is 18.7. The van der Waals surface area contributed by atoms with Crippen LogP contribution < -0.4 is 10.2 Å². The first-order valence-corrected chi connectivity index (χ1v) is 11.1. The lowest BCUT2D eigenvalue weighted by molar-refractivity contribution is -0.115. The van der Waals surface area contributed by atoms with Crippen LogP contribution in [0.4, 0.5) is 16.2 Å². The fourth-order valence-electron chi connectivity index (χ4n) is 4.14. The van der Waals surface area contributed by atoms with Crippen molar-refractivity contribution >= 4 is 23.3 Å². The minimum atomic E-state index is -0.0934. The Morgan fingerprint density at radius 1 is 0.875 bits per heavy atom. The molecule has 32 heavy (non-hydrogen) atoms. The number of hydrogen-bond donors (Lipinski definition) is 1. The summed E-state index contributed by atoms with van der Waals surface area (Å²) >= 11 is 0. The van der Waals surface area contributed by atoms with E-state index in [1.165, 1.54) is 5.56 Å². The van der Waals surface area contributed by atoms with Gasteiger partial charge in [-0.05, 0) is 49.1 Å². The van der Waals surface area contributed by atoms with Gasteiger partial charge in [-0.3, -0.25) is 9.69 Å². The minimum Gasteiger partial charge on any atom is -0.324 e. The largest absolute Gasteiger partial charge is 0.324 e. The van der Waals surface area contributed by atoms with Gasteiger partial charge < -0.3 is 10.2 Å². The molecule has 0 bridgehead atoms. The smallest absolute Gasteiger partial charge is 0.324 e. The van der Waals surface area contributed by atoms with Crippen molar-refractivity contribution in [3.8, 4) is 0 Å². The maximum Gasteiger partial charge on any atom is 0.324 e. The maximum absolute atomic E-state index is 13.4. The molecule has 0 atom stereocenters. The summed E-state index contributed by atoms with van der Waals surface area (Å²) < 4.78 is 0. The van der Waals surface area contributed by atoms with Gasteiger partial charge in [-0.1, -0.05) is 66.2 Å². The molecule has 1 aliphatic rings.